The lowest BCUT2D eigenvalue weighted by Gasteiger charge is -2.08. The number of carbonyl (C=O) groups excluding carboxylic acids is 1. The van der Waals surface area contributed by atoms with Gasteiger partial charge >= 0.3 is 0 Å². The number of pyridine rings is 1. The number of rotatable bonds is 7. The fourth-order valence-electron chi connectivity index (χ4n) is 2.27. The zero-order valence-electron chi connectivity index (χ0n) is 13.8. The second-order valence-corrected chi connectivity index (χ2v) is 6.21. The zero-order valence-corrected chi connectivity index (χ0v) is 14.6. The van der Waals surface area contributed by atoms with Crippen LogP contribution in [0, 0.1) is 5.82 Å². The molecule has 0 saturated carbocycles. The van der Waals surface area contributed by atoms with Crippen molar-refractivity contribution in [1.29, 1.82) is 0 Å². The molecule has 0 bridgehead atoms. The quantitative estimate of drug-likeness (QED) is 0.510. The summed E-state index contributed by atoms with van der Waals surface area (Å²) in [5, 5.41) is 11.6. The highest BCUT2D eigenvalue weighted by molar-refractivity contribution is 7.99. The highest BCUT2D eigenvalue weighted by Crippen LogP contribution is 2.23. The molecule has 8 heteroatoms. The van der Waals surface area contributed by atoms with E-state index in [0.717, 1.165) is 0 Å². The molecule has 3 rings (SSSR count). The molecular weight excluding hydrogens is 353 g/mol. The van der Waals surface area contributed by atoms with Gasteiger partial charge in [0.25, 0.3) is 0 Å². The number of allylic oxidation sites excluding steroid dienone is 1. The fraction of sp³-hybridized carbons (Fsp3) is 0.111. The molecular formula is C18H16FN5OS. The van der Waals surface area contributed by atoms with E-state index in [0.29, 0.717) is 28.9 Å². The number of amides is 1. The lowest BCUT2D eigenvalue weighted by atomic mass is 10.3. The van der Waals surface area contributed by atoms with Gasteiger partial charge in [-0.3, -0.25) is 14.3 Å². The van der Waals surface area contributed by atoms with E-state index in [9.17, 15) is 9.18 Å². The Morgan fingerprint density at radius 3 is 2.88 bits per heavy atom. The number of hydrogen-bond acceptors (Lipinski definition) is 5. The van der Waals surface area contributed by atoms with Crippen molar-refractivity contribution in [2.75, 3.05) is 11.1 Å². The molecule has 0 aliphatic heterocycles. The monoisotopic (exact) mass is 369 g/mol. The molecule has 3 aromatic rings. The van der Waals surface area contributed by atoms with Gasteiger partial charge in [-0.2, -0.15) is 0 Å². The van der Waals surface area contributed by atoms with Crippen molar-refractivity contribution in [3.8, 4) is 11.5 Å². The Morgan fingerprint density at radius 1 is 1.27 bits per heavy atom. The summed E-state index contributed by atoms with van der Waals surface area (Å²) in [6, 6.07) is 11.3. The van der Waals surface area contributed by atoms with Crippen LogP contribution in [0.2, 0.25) is 0 Å². The third-order valence-electron chi connectivity index (χ3n) is 3.36. The van der Waals surface area contributed by atoms with E-state index in [1.807, 2.05) is 22.8 Å². The number of anilines is 1. The Morgan fingerprint density at radius 2 is 2.15 bits per heavy atom. The van der Waals surface area contributed by atoms with E-state index in [2.05, 4.69) is 27.1 Å². The number of carbonyl (C=O) groups is 1. The van der Waals surface area contributed by atoms with Gasteiger partial charge in [0.15, 0.2) is 11.0 Å². The number of benzene rings is 1. The van der Waals surface area contributed by atoms with Gasteiger partial charge in [0.1, 0.15) is 11.5 Å². The van der Waals surface area contributed by atoms with Gasteiger partial charge in [-0.1, -0.05) is 30.0 Å². The van der Waals surface area contributed by atoms with Crippen LogP contribution in [-0.2, 0) is 11.3 Å². The van der Waals surface area contributed by atoms with Crippen LogP contribution in [0.15, 0.2) is 66.5 Å². The first kappa shape index (κ1) is 17.8. The van der Waals surface area contributed by atoms with Crippen molar-refractivity contribution >= 4 is 23.4 Å². The highest BCUT2D eigenvalue weighted by atomic mass is 32.2. The molecule has 0 aliphatic rings. The van der Waals surface area contributed by atoms with Gasteiger partial charge in [-0.15, -0.1) is 16.8 Å². The molecule has 1 aromatic carbocycles. The van der Waals surface area contributed by atoms with E-state index < -0.39 is 5.82 Å². The highest BCUT2D eigenvalue weighted by Gasteiger charge is 2.15. The number of halogens is 1. The number of hydrogen-bond donors (Lipinski definition) is 1. The van der Waals surface area contributed by atoms with Gasteiger partial charge in [-0.25, -0.2) is 4.39 Å². The third-order valence-corrected chi connectivity index (χ3v) is 4.33. The normalized spacial score (nSPS) is 10.5. The molecule has 132 valence electrons. The first-order valence-corrected chi connectivity index (χ1v) is 8.79. The minimum Gasteiger partial charge on any atom is -0.325 e. The van der Waals surface area contributed by atoms with Crippen molar-refractivity contribution in [2.45, 2.75) is 11.7 Å². The van der Waals surface area contributed by atoms with E-state index in [4.69, 9.17) is 0 Å². The smallest absolute Gasteiger partial charge is 0.234 e. The average molecular weight is 369 g/mol. The summed E-state index contributed by atoms with van der Waals surface area (Å²) in [5.74, 6) is 0.0708. The summed E-state index contributed by atoms with van der Waals surface area (Å²) in [7, 11) is 0. The molecule has 0 aliphatic carbocycles. The number of thioether (sulfide) groups is 1. The Balaban J connectivity index is 1.70. The Hall–Kier alpha value is -3.00. The molecule has 0 spiro atoms. The van der Waals surface area contributed by atoms with E-state index >= 15 is 0 Å². The van der Waals surface area contributed by atoms with Gasteiger partial charge in [0, 0.05) is 18.4 Å². The molecule has 1 N–H and O–H groups in total. The summed E-state index contributed by atoms with van der Waals surface area (Å²) in [4.78, 5) is 16.4. The zero-order chi connectivity index (χ0) is 18.4. The Kier molecular flexibility index (Phi) is 5.75. The molecule has 0 radical (unpaired) electrons. The molecule has 26 heavy (non-hydrogen) atoms. The van der Waals surface area contributed by atoms with Crippen LogP contribution < -0.4 is 5.32 Å². The SMILES string of the molecule is C=CCn1c(SCC(=O)Nc2cccc(F)c2)nnc1-c1ccccn1. The summed E-state index contributed by atoms with van der Waals surface area (Å²) < 4.78 is 15.0. The molecule has 0 unspecified atom stereocenters. The van der Waals surface area contributed by atoms with Gasteiger partial charge < -0.3 is 5.32 Å². The maximum absolute atomic E-state index is 13.2. The van der Waals surface area contributed by atoms with Crippen molar-refractivity contribution in [2.24, 2.45) is 0 Å². The predicted octanol–water partition coefficient (Wildman–Crippen LogP) is 3.40. The van der Waals surface area contributed by atoms with E-state index in [1.54, 1.807) is 18.3 Å². The number of aromatic nitrogens is 4. The van der Waals surface area contributed by atoms with Crippen molar-refractivity contribution in [3.63, 3.8) is 0 Å². The maximum atomic E-state index is 13.2. The first-order chi connectivity index (χ1) is 12.7. The maximum Gasteiger partial charge on any atom is 0.234 e. The second-order valence-electron chi connectivity index (χ2n) is 5.27. The van der Waals surface area contributed by atoms with Crippen molar-refractivity contribution in [1.82, 2.24) is 19.7 Å². The first-order valence-electron chi connectivity index (χ1n) is 7.81. The second kappa shape index (κ2) is 8.39. The van der Waals surface area contributed by atoms with Gasteiger partial charge in [-0.05, 0) is 30.3 Å². The van der Waals surface area contributed by atoms with Crippen LogP contribution in [-0.4, -0.2) is 31.4 Å². The molecule has 2 aromatic heterocycles. The van der Waals surface area contributed by atoms with Crippen LogP contribution in [0.25, 0.3) is 11.5 Å². The number of nitrogens with zero attached hydrogens (tertiary/aromatic N) is 4. The molecule has 6 nitrogen and oxygen atoms in total. The lowest BCUT2D eigenvalue weighted by molar-refractivity contribution is -0.113. The summed E-state index contributed by atoms with van der Waals surface area (Å²) in [6.07, 6.45) is 3.41. The Bertz CT molecular complexity index is 913. The molecule has 0 saturated heterocycles. The average Bonchev–Trinajstić information content (AvgIpc) is 3.04. The van der Waals surface area contributed by atoms with Gasteiger partial charge in [0.05, 0.1) is 5.75 Å². The summed E-state index contributed by atoms with van der Waals surface area (Å²) >= 11 is 1.24. The van der Waals surface area contributed by atoms with Crippen LogP contribution >= 0.6 is 11.8 Å². The van der Waals surface area contributed by atoms with Gasteiger partial charge in [0.2, 0.25) is 5.91 Å². The van der Waals surface area contributed by atoms with Crippen LogP contribution in [0.4, 0.5) is 10.1 Å². The molecule has 0 atom stereocenters. The van der Waals surface area contributed by atoms with Crippen molar-refractivity contribution in [3.05, 3.63) is 67.1 Å². The summed E-state index contributed by atoms with van der Waals surface area (Å²) in [5.41, 5.74) is 1.11. The lowest BCUT2D eigenvalue weighted by Crippen LogP contribution is -2.14. The number of nitrogens with one attached hydrogen (secondary N) is 1. The minimum absolute atomic E-state index is 0.119. The summed E-state index contributed by atoms with van der Waals surface area (Å²) in [6.45, 7) is 4.24. The topological polar surface area (TPSA) is 72.7 Å². The molecule has 1 amide bonds. The molecule has 0 fully saturated rings. The van der Waals surface area contributed by atoms with Crippen molar-refractivity contribution < 1.29 is 9.18 Å². The largest absolute Gasteiger partial charge is 0.325 e. The fourth-order valence-corrected chi connectivity index (χ4v) is 3.01. The van der Waals surface area contributed by atoms with Crippen LogP contribution in [0.1, 0.15) is 0 Å². The van der Waals surface area contributed by atoms with Crippen LogP contribution in [0.5, 0.6) is 0 Å². The Labute approximate surface area is 154 Å². The van der Waals surface area contributed by atoms with Crippen LogP contribution in [0.3, 0.4) is 0 Å². The van der Waals surface area contributed by atoms with E-state index in [1.165, 1.54) is 30.0 Å². The molecule has 2 heterocycles. The third kappa shape index (κ3) is 4.34. The minimum atomic E-state index is -0.402. The predicted molar refractivity (Wildman–Crippen MR) is 99.2 cm³/mol. The standard InChI is InChI=1S/C18H16FN5OS/c1-2-10-24-17(15-8-3-4-9-20-15)22-23-18(24)26-12-16(25)21-14-7-5-6-13(19)11-14/h2-9,11H,1,10,12H2,(H,21,25). The van der Waals surface area contributed by atoms with E-state index in [-0.39, 0.29) is 11.7 Å².